The van der Waals surface area contributed by atoms with Crippen molar-refractivity contribution in [3.8, 4) is 0 Å². The van der Waals surface area contributed by atoms with Crippen LogP contribution in [0, 0.1) is 29.6 Å². The van der Waals surface area contributed by atoms with Crippen LogP contribution in [0.15, 0.2) is 21.9 Å². The number of aromatic nitrogens is 3. The van der Waals surface area contributed by atoms with Crippen molar-refractivity contribution in [2.75, 3.05) is 5.32 Å². The summed E-state index contributed by atoms with van der Waals surface area (Å²) in [5.74, 6) is 2.79. The van der Waals surface area contributed by atoms with Gasteiger partial charge >= 0.3 is 5.69 Å². The number of nitrogens with zero attached hydrogens (tertiary/aromatic N) is 3. The van der Waals surface area contributed by atoms with Crippen LogP contribution in [0.25, 0.3) is 11.0 Å². The Kier molecular flexibility index (Phi) is 3.58. The third kappa shape index (κ3) is 2.47. The first-order chi connectivity index (χ1) is 12.9. The summed E-state index contributed by atoms with van der Waals surface area (Å²) in [6, 6.07) is 1.64. The van der Waals surface area contributed by atoms with Gasteiger partial charge in [0.1, 0.15) is 5.65 Å². The summed E-state index contributed by atoms with van der Waals surface area (Å²) in [5, 5.41) is 3.34. The lowest BCUT2D eigenvalue weighted by atomic mass is 9.51. The molecule has 0 unspecified atom stereocenters. The van der Waals surface area contributed by atoms with Gasteiger partial charge in [-0.15, -0.1) is 0 Å². The first-order valence-electron chi connectivity index (χ1n) is 9.79. The highest BCUT2D eigenvalue weighted by Crippen LogP contribution is 2.56. The predicted octanol–water partition coefficient (Wildman–Crippen LogP) is 1.64. The number of anilines is 1. The minimum atomic E-state index is -0.412. The highest BCUT2D eigenvalue weighted by molar-refractivity contribution is 5.94. The van der Waals surface area contributed by atoms with Crippen molar-refractivity contribution in [1.29, 1.82) is 0 Å². The summed E-state index contributed by atoms with van der Waals surface area (Å²) >= 11 is 0. The second-order valence-electron chi connectivity index (χ2n) is 8.75. The highest BCUT2D eigenvalue weighted by Gasteiger charge is 2.50. The molecule has 2 heterocycles. The number of fused-ring (bicyclic) bond motifs is 1. The van der Waals surface area contributed by atoms with E-state index in [9.17, 15) is 14.4 Å². The molecule has 1 amide bonds. The number of carbonyl (C=O) groups is 1. The molecule has 2 aromatic heterocycles. The minimum absolute atomic E-state index is 0.0617. The van der Waals surface area contributed by atoms with Gasteiger partial charge in [-0.05, 0) is 61.8 Å². The van der Waals surface area contributed by atoms with E-state index in [0.29, 0.717) is 28.6 Å². The molecule has 142 valence electrons. The molecule has 0 atom stereocenters. The summed E-state index contributed by atoms with van der Waals surface area (Å²) in [7, 11) is 3.04. The second kappa shape index (κ2) is 5.78. The van der Waals surface area contributed by atoms with Gasteiger partial charge in [-0.2, -0.15) is 0 Å². The standard InChI is InChI=1S/C20H24N4O3/c1-23-17-15(19(26)24(2)20(23)27)8-14(9-21-17)22-18(25)16-12-4-10-3-11(6-12)7-13(16)5-10/h8-13,16H,3-7H2,1-2H3,(H,22,25). The number of carbonyl (C=O) groups excluding carboxylic acids is 1. The lowest BCUT2D eigenvalue weighted by Gasteiger charge is -2.53. The number of nitrogens with one attached hydrogen (secondary N) is 1. The van der Waals surface area contributed by atoms with Crippen LogP contribution in [-0.2, 0) is 18.9 Å². The average Bonchev–Trinajstić information content (AvgIpc) is 2.63. The zero-order valence-corrected chi connectivity index (χ0v) is 15.6. The van der Waals surface area contributed by atoms with Crippen LogP contribution in [0.5, 0.6) is 0 Å². The fraction of sp³-hybridized carbons (Fsp3) is 0.600. The smallest absolute Gasteiger partial charge is 0.324 e. The molecule has 0 spiro atoms. The van der Waals surface area contributed by atoms with Gasteiger partial charge in [0.05, 0.1) is 17.3 Å². The van der Waals surface area contributed by atoms with Crippen molar-refractivity contribution in [3.05, 3.63) is 33.1 Å². The third-order valence-corrected chi connectivity index (χ3v) is 7.09. The summed E-state index contributed by atoms with van der Waals surface area (Å²) in [6.45, 7) is 0. The number of amides is 1. The van der Waals surface area contributed by atoms with Gasteiger partial charge in [-0.3, -0.25) is 18.7 Å². The topological polar surface area (TPSA) is 86.0 Å². The van der Waals surface area contributed by atoms with Gasteiger partial charge in [0.15, 0.2) is 0 Å². The molecule has 7 heteroatoms. The Balaban J connectivity index is 1.46. The lowest BCUT2D eigenvalue weighted by Crippen LogP contribution is -2.49. The maximum absolute atomic E-state index is 13.0. The van der Waals surface area contributed by atoms with Crippen LogP contribution in [-0.4, -0.2) is 20.0 Å². The SMILES string of the molecule is Cn1c(=O)c2cc(NC(=O)C3C4CC5CC(C4)CC3C5)cnc2n(C)c1=O. The van der Waals surface area contributed by atoms with E-state index in [-0.39, 0.29) is 11.8 Å². The van der Waals surface area contributed by atoms with E-state index in [1.165, 1.54) is 49.9 Å². The van der Waals surface area contributed by atoms with Crippen molar-refractivity contribution < 1.29 is 4.79 Å². The van der Waals surface area contributed by atoms with E-state index in [2.05, 4.69) is 10.3 Å². The molecule has 2 aromatic rings. The van der Waals surface area contributed by atoms with Crippen LogP contribution in [0.2, 0.25) is 0 Å². The van der Waals surface area contributed by atoms with E-state index in [0.717, 1.165) is 16.4 Å². The quantitative estimate of drug-likeness (QED) is 0.873. The van der Waals surface area contributed by atoms with Gasteiger partial charge in [-0.25, -0.2) is 9.78 Å². The van der Waals surface area contributed by atoms with Gasteiger partial charge in [0.2, 0.25) is 5.91 Å². The van der Waals surface area contributed by atoms with E-state index >= 15 is 0 Å². The summed E-state index contributed by atoms with van der Waals surface area (Å²) in [6.07, 6.45) is 7.63. The van der Waals surface area contributed by atoms with Gasteiger partial charge in [0.25, 0.3) is 5.56 Å². The Bertz CT molecular complexity index is 1040. The van der Waals surface area contributed by atoms with Crippen molar-refractivity contribution in [2.24, 2.45) is 43.7 Å². The molecule has 4 fully saturated rings. The maximum atomic E-state index is 13.0. The molecule has 0 radical (unpaired) electrons. The summed E-state index contributed by atoms with van der Waals surface area (Å²) in [4.78, 5) is 41.8. The Hall–Kier alpha value is -2.44. The zero-order valence-electron chi connectivity index (χ0n) is 15.6. The molecule has 0 saturated heterocycles. The molecule has 0 aromatic carbocycles. The van der Waals surface area contributed by atoms with Crippen LogP contribution < -0.4 is 16.6 Å². The van der Waals surface area contributed by atoms with E-state index in [4.69, 9.17) is 0 Å². The fourth-order valence-corrected chi connectivity index (χ4v) is 6.11. The Morgan fingerprint density at radius 2 is 1.67 bits per heavy atom. The zero-order chi connectivity index (χ0) is 18.9. The molecule has 27 heavy (non-hydrogen) atoms. The van der Waals surface area contributed by atoms with Crippen molar-refractivity contribution in [2.45, 2.75) is 32.1 Å². The first-order valence-corrected chi connectivity index (χ1v) is 9.79. The van der Waals surface area contributed by atoms with E-state index < -0.39 is 11.2 Å². The third-order valence-electron chi connectivity index (χ3n) is 7.09. The Morgan fingerprint density at radius 1 is 1.04 bits per heavy atom. The number of hydrogen-bond acceptors (Lipinski definition) is 4. The lowest BCUT2D eigenvalue weighted by molar-refractivity contribution is -0.132. The molecule has 1 N–H and O–H groups in total. The average molecular weight is 368 g/mol. The van der Waals surface area contributed by atoms with E-state index in [1.54, 1.807) is 13.1 Å². The van der Waals surface area contributed by atoms with Gasteiger partial charge in [-0.1, -0.05) is 0 Å². The number of hydrogen-bond donors (Lipinski definition) is 1. The van der Waals surface area contributed by atoms with Crippen molar-refractivity contribution in [3.63, 3.8) is 0 Å². The Labute approximate surface area is 156 Å². The largest absolute Gasteiger partial charge is 0.332 e. The molecule has 4 saturated carbocycles. The molecule has 4 aliphatic carbocycles. The Morgan fingerprint density at radius 3 is 2.30 bits per heavy atom. The summed E-state index contributed by atoms with van der Waals surface area (Å²) in [5.41, 5.74) is 0.0458. The molecule has 7 nitrogen and oxygen atoms in total. The van der Waals surface area contributed by atoms with Crippen LogP contribution in [0.3, 0.4) is 0 Å². The molecular formula is C20H24N4O3. The second-order valence-corrected chi connectivity index (χ2v) is 8.75. The van der Waals surface area contributed by atoms with Gasteiger partial charge < -0.3 is 5.32 Å². The van der Waals surface area contributed by atoms with Gasteiger partial charge in [0, 0.05) is 20.0 Å². The number of aryl methyl sites for hydroxylation is 1. The molecule has 4 bridgehead atoms. The number of rotatable bonds is 2. The van der Waals surface area contributed by atoms with Crippen LogP contribution >= 0.6 is 0 Å². The minimum Gasteiger partial charge on any atom is -0.324 e. The molecule has 6 rings (SSSR count). The molecular weight excluding hydrogens is 344 g/mol. The van der Waals surface area contributed by atoms with Crippen molar-refractivity contribution >= 4 is 22.6 Å². The molecule has 4 aliphatic rings. The fourth-order valence-electron chi connectivity index (χ4n) is 6.11. The predicted molar refractivity (Wildman–Crippen MR) is 101 cm³/mol. The highest BCUT2D eigenvalue weighted by atomic mass is 16.2. The molecule has 0 aliphatic heterocycles. The normalized spacial score (nSPS) is 31.4. The number of pyridine rings is 1. The summed E-state index contributed by atoms with van der Waals surface area (Å²) < 4.78 is 2.41. The van der Waals surface area contributed by atoms with Crippen LogP contribution in [0.1, 0.15) is 32.1 Å². The monoisotopic (exact) mass is 368 g/mol. The maximum Gasteiger partial charge on any atom is 0.332 e. The van der Waals surface area contributed by atoms with Crippen molar-refractivity contribution in [1.82, 2.24) is 14.1 Å². The van der Waals surface area contributed by atoms with Crippen LogP contribution in [0.4, 0.5) is 5.69 Å². The first kappa shape index (κ1) is 16.7. The van der Waals surface area contributed by atoms with E-state index in [1.807, 2.05) is 0 Å².